The maximum Gasteiger partial charge on any atom is 0.352 e. The van der Waals surface area contributed by atoms with Crippen molar-refractivity contribution in [3.63, 3.8) is 0 Å². The predicted octanol–water partition coefficient (Wildman–Crippen LogP) is 6.45. The average molecular weight is 453 g/mol. The van der Waals surface area contributed by atoms with Crippen molar-refractivity contribution >= 4 is 23.3 Å². The standard InChI is InChI=1S/C25H19ClF2N2O2/c26-20-3-1-2-16(10-20)14-30-15-19(11-24(30)25(31)32)17-5-8-22(9-6-17)29-13-18-4-7-21(27)12-23(18)28/h1-12,15,29H,13-14H2,(H,31,32). The molecule has 0 unspecified atom stereocenters. The summed E-state index contributed by atoms with van der Waals surface area (Å²) in [4.78, 5) is 11.7. The van der Waals surface area contributed by atoms with Crippen LogP contribution in [0.2, 0.25) is 5.02 Å². The molecule has 1 heterocycles. The number of aromatic nitrogens is 1. The smallest absolute Gasteiger partial charge is 0.352 e. The summed E-state index contributed by atoms with van der Waals surface area (Å²) in [6.07, 6.45) is 1.79. The van der Waals surface area contributed by atoms with Gasteiger partial charge in [0.05, 0.1) is 0 Å². The van der Waals surface area contributed by atoms with Gasteiger partial charge in [0.15, 0.2) is 0 Å². The van der Waals surface area contributed by atoms with Crippen molar-refractivity contribution in [3.05, 3.63) is 112 Å². The number of benzene rings is 3. The molecule has 0 radical (unpaired) electrons. The highest BCUT2D eigenvalue weighted by molar-refractivity contribution is 6.30. The zero-order chi connectivity index (χ0) is 22.7. The average Bonchev–Trinajstić information content (AvgIpc) is 3.17. The van der Waals surface area contributed by atoms with Crippen LogP contribution in [0.3, 0.4) is 0 Å². The molecule has 0 saturated carbocycles. The minimum Gasteiger partial charge on any atom is -0.477 e. The van der Waals surface area contributed by atoms with Gasteiger partial charge in [0.2, 0.25) is 0 Å². The second-order valence-corrected chi connectivity index (χ2v) is 7.78. The van der Waals surface area contributed by atoms with Crippen molar-refractivity contribution in [2.45, 2.75) is 13.1 Å². The van der Waals surface area contributed by atoms with Crippen LogP contribution in [0, 0.1) is 11.6 Å². The molecule has 0 spiro atoms. The molecule has 1 aromatic heterocycles. The number of carboxylic acids is 1. The Bertz CT molecular complexity index is 1270. The van der Waals surface area contributed by atoms with Gasteiger partial charge in [-0.1, -0.05) is 41.9 Å². The van der Waals surface area contributed by atoms with Gasteiger partial charge in [-0.05, 0) is 47.5 Å². The first kappa shape index (κ1) is 21.6. The Morgan fingerprint density at radius 2 is 1.75 bits per heavy atom. The molecule has 2 N–H and O–H groups in total. The van der Waals surface area contributed by atoms with Crippen molar-refractivity contribution in [1.82, 2.24) is 4.57 Å². The number of halogens is 3. The zero-order valence-corrected chi connectivity index (χ0v) is 17.6. The van der Waals surface area contributed by atoms with Crippen LogP contribution in [-0.2, 0) is 13.1 Å². The van der Waals surface area contributed by atoms with Gasteiger partial charge in [-0.25, -0.2) is 13.6 Å². The quantitative estimate of drug-likeness (QED) is 0.339. The molecular weight excluding hydrogens is 434 g/mol. The van der Waals surface area contributed by atoms with Gasteiger partial charge in [-0.3, -0.25) is 0 Å². The molecule has 162 valence electrons. The van der Waals surface area contributed by atoms with Crippen molar-refractivity contribution in [2.24, 2.45) is 0 Å². The molecule has 0 saturated heterocycles. The van der Waals surface area contributed by atoms with E-state index in [2.05, 4.69) is 5.32 Å². The molecule has 0 amide bonds. The lowest BCUT2D eigenvalue weighted by molar-refractivity contribution is 0.0685. The number of hydrogen-bond donors (Lipinski definition) is 2. The Kier molecular flexibility index (Phi) is 6.23. The number of carboxylic acid groups (broad SMARTS) is 1. The van der Waals surface area contributed by atoms with Gasteiger partial charge in [0, 0.05) is 47.2 Å². The lowest BCUT2D eigenvalue weighted by Crippen LogP contribution is -2.08. The number of nitrogens with one attached hydrogen (secondary N) is 1. The molecule has 32 heavy (non-hydrogen) atoms. The van der Waals surface area contributed by atoms with Gasteiger partial charge in [-0.15, -0.1) is 0 Å². The Hall–Kier alpha value is -3.64. The number of carbonyl (C=O) groups is 1. The number of anilines is 1. The molecule has 4 rings (SSSR count). The number of rotatable bonds is 7. The summed E-state index contributed by atoms with van der Waals surface area (Å²) in [5.74, 6) is -2.23. The Morgan fingerprint density at radius 1 is 0.969 bits per heavy atom. The van der Waals surface area contributed by atoms with Crippen LogP contribution in [0.1, 0.15) is 21.6 Å². The van der Waals surface area contributed by atoms with Crippen molar-refractivity contribution in [2.75, 3.05) is 5.32 Å². The fourth-order valence-corrected chi connectivity index (χ4v) is 3.67. The van der Waals surface area contributed by atoms with Crippen molar-refractivity contribution in [3.8, 4) is 11.1 Å². The summed E-state index contributed by atoms with van der Waals surface area (Å²) in [6, 6.07) is 19.8. The molecule has 0 aliphatic rings. The van der Waals surface area contributed by atoms with Crippen LogP contribution >= 0.6 is 11.6 Å². The zero-order valence-electron chi connectivity index (χ0n) is 16.9. The molecule has 3 aromatic carbocycles. The maximum atomic E-state index is 13.8. The fourth-order valence-electron chi connectivity index (χ4n) is 3.45. The third-order valence-corrected chi connectivity index (χ3v) is 5.31. The monoisotopic (exact) mass is 452 g/mol. The van der Waals surface area contributed by atoms with E-state index in [0.29, 0.717) is 17.1 Å². The van der Waals surface area contributed by atoms with Crippen LogP contribution in [-0.4, -0.2) is 15.6 Å². The summed E-state index contributed by atoms with van der Waals surface area (Å²) >= 11 is 6.04. The van der Waals surface area contributed by atoms with Crippen LogP contribution in [0.5, 0.6) is 0 Å². The van der Waals surface area contributed by atoms with E-state index in [1.807, 2.05) is 36.4 Å². The van der Waals surface area contributed by atoms with E-state index in [4.69, 9.17) is 11.6 Å². The summed E-state index contributed by atoms with van der Waals surface area (Å²) in [6.45, 7) is 0.593. The summed E-state index contributed by atoms with van der Waals surface area (Å²) in [5, 5.41) is 13.3. The molecule has 0 atom stereocenters. The number of hydrogen-bond acceptors (Lipinski definition) is 2. The minimum atomic E-state index is -1.02. The molecule has 0 aliphatic carbocycles. The van der Waals surface area contributed by atoms with Crippen molar-refractivity contribution < 1.29 is 18.7 Å². The fraction of sp³-hybridized carbons (Fsp3) is 0.0800. The predicted molar refractivity (Wildman–Crippen MR) is 121 cm³/mol. The molecule has 4 aromatic rings. The molecule has 7 heteroatoms. The molecular formula is C25H19ClF2N2O2. The normalized spacial score (nSPS) is 10.8. The second-order valence-electron chi connectivity index (χ2n) is 7.34. The molecule has 0 bridgehead atoms. The third-order valence-electron chi connectivity index (χ3n) is 5.07. The molecule has 0 aliphatic heterocycles. The lowest BCUT2D eigenvalue weighted by Gasteiger charge is -2.08. The largest absolute Gasteiger partial charge is 0.477 e. The maximum absolute atomic E-state index is 13.8. The van der Waals surface area contributed by atoms with Crippen LogP contribution in [0.25, 0.3) is 11.1 Å². The third kappa shape index (κ3) is 4.98. The topological polar surface area (TPSA) is 54.3 Å². The van der Waals surface area contributed by atoms with E-state index in [1.165, 1.54) is 12.1 Å². The summed E-state index contributed by atoms with van der Waals surface area (Å²) in [7, 11) is 0. The highest BCUT2D eigenvalue weighted by Crippen LogP contribution is 2.25. The Labute approximate surface area is 188 Å². The highest BCUT2D eigenvalue weighted by Gasteiger charge is 2.14. The van der Waals surface area contributed by atoms with E-state index in [0.717, 1.165) is 28.4 Å². The van der Waals surface area contributed by atoms with Gasteiger partial charge in [0.25, 0.3) is 0 Å². The van der Waals surface area contributed by atoms with E-state index < -0.39 is 17.6 Å². The van der Waals surface area contributed by atoms with E-state index in [1.54, 1.807) is 29.0 Å². The first-order valence-corrected chi connectivity index (χ1v) is 10.2. The highest BCUT2D eigenvalue weighted by atomic mass is 35.5. The van der Waals surface area contributed by atoms with Crippen molar-refractivity contribution in [1.29, 1.82) is 0 Å². The number of nitrogens with zero attached hydrogens (tertiary/aromatic N) is 1. The van der Waals surface area contributed by atoms with E-state index in [-0.39, 0.29) is 12.2 Å². The van der Waals surface area contributed by atoms with E-state index in [9.17, 15) is 18.7 Å². The molecule has 0 fully saturated rings. The van der Waals surface area contributed by atoms with Gasteiger partial charge < -0.3 is 15.0 Å². The molecule has 4 nitrogen and oxygen atoms in total. The van der Waals surface area contributed by atoms with Crippen LogP contribution in [0.15, 0.2) is 79.0 Å². The second kappa shape index (κ2) is 9.24. The van der Waals surface area contributed by atoms with Gasteiger partial charge in [0.1, 0.15) is 17.3 Å². The van der Waals surface area contributed by atoms with Gasteiger partial charge in [-0.2, -0.15) is 0 Å². The summed E-state index contributed by atoms with van der Waals surface area (Å²) in [5.41, 5.74) is 3.80. The minimum absolute atomic E-state index is 0.175. The SMILES string of the molecule is O=C(O)c1cc(-c2ccc(NCc3ccc(F)cc3F)cc2)cn1Cc1cccc(Cl)c1. The van der Waals surface area contributed by atoms with E-state index >= 15 is 0 Å². The Balaban J connectivity index is 1.51. The number of aromatic carboxylic acids is 1. The lowest BCUT2D eigenvalue weighted by atomic mass is 10.1. The Morgan fingerprint density at radius 3 is 2.44 bits per heavy atom. The summed E-state index contributed by atoms with van der Waals surface area (Å²) < 4.78 is 28.5. The van der Waals surface area contributed by atoms with Crippen LogP contribution < -0.4 is 5.32 Å². The first-order chi connectivity index (χ1) is 15.4. The first-order valence-electron chi connectivity index (χ1n) is 9.85. The van der Waals surface area contributed by atoms with Gasteiger partial charge >= 0.3 is 5.97 Å². The van der Waals surface area contributed by atoms with Crippen LogP contribution in [0.4, 0.5) is 14.5 Å².